The second kappa shape index (κ2) is 7.89. The minimum absolute atomic E-state index is 0.151. The standard InChI is InChI=1S/C13H21N3O2S/c1-4-5-11-8-10(9-12(14-2)16-11)13(17)15-6-7-19(3)18/h8-9H,4-7H2,1-3H3,(H,14,16)(H,15,17). The van der Waals surface area contributed by atoms with Crippen LogP contribution in [0.15, 0.2) is 12.1 Å². The fourth-order valence-electron chi connectivity index (χ4n) is 1.64. The number of hydrogen-bond acceptors (Lipinski definition) is 4. The molecule has 1 unspecified atom stereocenters. The van der Waals surface area contributed by atoms with Gasteiger partial charge >= 0.3 is 0 Å². The van der Waals surface area contributed by atoms with E-state index in [0.717, 1.165) is 18.5 Å². The minimum atomic E-state index is -0.891. The van der Waals surface area contributed by atoms with Gasteiger partial charge in [-0.05, 0) is 18.6 Å². The maximum Gasteiger partial charge on any atom is 0.251 e. The van der Waals surface area contributed by atoms with E-state index in [1.165, 1.54) is 0 Å². The van der Waals surface area contributed by atoms with Crippen LogP contribution in [0.4, 0.5) is 5.82 Å². The zero-order chi connectivity index (χ0) is 14.3. The van der Waals surface area contributed by atoms with E-state index in [0.29, 0.717) is 23.7 Å². The maximum absolute atomic E-state index is 12.0. The molecule has 0 aliphatic carbocycles. The van der Waals surface area contributed by atoms with E-state index < -0.39 is 10.8 Å². The lowest BCUT2D eigenvalue weighted by atomic mass is 10.1. The topological polar surface area (TPSA) is 71.1 Å². The fraction of sp³-hybridized carbons (Fsp3) is 0.538. The monoisotopic (exact) mass is 283 g/mol. The third-order valence-corrected chi connectivity index (χ3v) is 3.36. The number of carbonyl (C=O) groups excluding carboxylic acids is 1. The van der Waals surface area contributed by atoms with Crippen LogP contribution >= 0.6 is 0 Å². The van der Waals surface area contributed by atoms with Crippen molar-refractivity contribution >= 4 is 22.5 Å². The first-order chi connectivity index (χ1) is 9.06. The lowest BCUT2D eigenvalue weighted by Gasteiger charge is -2.08. The molecule has 1 aromatic heterocycles. The molecule has 1 amide bonds. The first kappa shape index (κ1) is 15.6. The molecule has 0 aliphatic heterocycles. The van der Waals surface area contributed by atoms with Gasteiger partial charge < -0.3 is 10.6 Å². The van der Waals surface area contributed by atoms with Crippen LogP contribution < -0.4 is 10.6 Å². The van der Waals surface area contributed by atoms with E-state index in [2.05, 4.69) is 22.5 Å². The number of anilines is 1. The molecule has 0 aliphatic rings. The molecule has 0 aromatic carbocycles. The molecular weight excluding hydrogens is 262 g/mol. The van der Waals surface area contributed by atoms with Gasteiger partial charge in [-0.25, -0.2) is 4.98 Å². The molecule has 5 nitrogen and oxygen atoms in total. The SMILES string of the molecule is CCCc1cc(C(=O)NCCS(C)=O)cc(NC)n1. The van der Waals surface area contributed by atoms with Crippen molar-refractivity contribution in [3.63, 3.8) is 0 Å². The number of nitrogens with one attached hydrogen (secondary N) is 2. The highest BCUT2D eigenvalue weighted by molar-refractivity contribution is 7.84. The second-order valence-corrected chi connectivity index (χ2v) is 5.82. The van der Waals surface area contributed by atoms with Gasteiger partial charge in [-0.15, -0.1) is 0 Å². The van der Waals surface area contributed by atoms with Gasteiger partial charge in [0.1, 0.15) is 5.82 Å². The van der Waals surface area contributed by atoms with Gasteiger partial charge in [-0.2, -0.15) is 0 Å². The zero-order valence-electron chi connectivity index (χ0n) is 11.7. The first-order valence-corrected chi connectivity index (χ1v) is 8.06. The Hall–Kier alpha value is -1.43. The molecule has 106 valence electrons. The highest BCUT2D eigenvalue weighted by atomic mass is 32.2. The number of hydrogen-bond donors (Lipinski definition) is 2. The molecule has 19 heavy (non-hydrogen) atoms. The summed E-state index contributed by atoms with van der Waals surface area (Å²) in [5, 5.41) is 5.72. The van der Waals surface area contributed by atoms with E-state index in [9.17, 15) is 9.00 Å². The van der Waals surface area contributed by atoms with Gasteiger partial charge in [0.05, 0.1) is 0 Å². The van der Waals surface area contributed by atoms with Gasteiger partial charge in [0.2, 0.25) is 0 Å². The van der Waals surface area contributed by atoms with Crippen LogP contribution in [-0.2, 0) is 17.2 Å². The number of nitrogens with zero attached hydrogens (tertiary/aromatic N) is 1. The Labute approximate surface area is 116 Å². The molecule has 0 saturated carbocycles. The number of carbonyl (C=O) groups is 1. The van der Waals surface area contributed by atoms with Crippen LogP contribution in [0.5, 0.6) is 0 Å². The van der Waals surface area contributed by atoms with Gasteiger partial charge in [0.25, 0.3) is 5.91 Å². The molecular formula is C13H21N3O2S. The summed E-state index contributed by atoms with van der Waals surface area (Å²) in [5.74, 6) is 1.01. The summed E-state index contributed by atoms with van der Waals surface area (Å²) in [6.45, 7) is 2.49. The largest absolute Gasteiger partial charge is 0.373 e. The number of rotatable bonds is 7. The van der Waals surface area contributed by atoms with Gasteiger partial charge in [0, 0.05) is 47.7 Å². The highest BCUT2D eigenvalue weighted by Crippen LogP contribution is 2.11. The third kappa shape index (κ3) is 5.38. The van der Waals surface area contributed by atoms with Crippen molar-refractivity contribution in [3.05, 3.63) is 23.4 Å². The molecule has 6 heteroatoms. The minimum Gasteiger partial charge on any atom is -0.373 e. The molecule has 0 fully saturated rings. The van der Waals surface area contributed by atoms with Gasteiger partial charge in [-0.3, -0.25) is 9.00 Å². The van der Waals surface area contributed by atoms with Crippen molar-refractivity contribution in [2.75, 3.05) is 30.9 Å². The number of amides is 1. The summed E-state index contributed by atoms with van der Waals surface area (Å²) < 4.78 is 10.9. The van der Waals surface area contributed by atoms with Gasteiger partial charge in [0.15, 0.2) is 0 Å². The normalized spacial score (nSPS) is 11.9. The second-order valence-electron chi connectivity index (χ2n) is 4.27. The molecule has 1 heterocycles. The Kier molecular flexibility index (Phi) is 6.49. The molecule has 1 rings (SSSR count). The molecule has 0 spiro atoms. The molecule has 1 aromatic rings. The highest BCUT2D eigenvalue weighted by Gasteiger charge is 2.09. The van der Waals surface area contributed by atoms with Crippen LogP contribution in [0, 0.1) is 0 Å². The van der Waals surface area contributed by atoms with Crippen LogP contribution in [0.3, 0.4) is 0 Å². The molecule has 0 bridgehead atoms. The lowest BCUT2D eigenvalue weighted by molar-refractivity contribution is 0.0956. The molecule has 1 atom stereocenters. The Morgan fingerprint density at radius 2 is 2.16 bits per heavy atom. The number of aromatic nitrogens is 1. The Balaban J connectivity index is 2.77. The lowest BCUT2D eigenvalue weighted by Crippen LogP contribution is -2.27. The predicted octanol–water partition coefficient (Wildman–Crippen LogP) is 1.18. The van der Waals surface area contributed by atoms with E-state index in [4.69, 9.17) is 0 Å². The van der Waals surface area contributed by atoms with E-state index in [-0.39, 0.29) is 5.91 Å². The summed E-state index contributed by atoms with van der Waals surface area (Å²) in [4.78, 5) is 16.4. The molecule has 0 saturated heterocycles. The van der Waals surface area contributed by atoms with Crippen molar-refractivity contribution in [2.45, 2.75) is 19.8 Å². The maximum atomic E-state index is 12.0. The summed E-state index contributed by atoms with van der Waals surface area (Å²) in [6.07, 6.45) is 3.45. The van der Waals surface area contributed by atoms with Crippen molar-refractivity contribution in [1.29, 1.82) is 0 Å². The number of aryl methyl sites for hydroxylation is 1. The van der Waals surface area contributed by atoms with E-state index >= 15 is 0 Å². The van der Waals surface area contributed by atoms with Crippen LogP contribution in [0.1, 0.15) is 29.4 Å². The predicted molar refractivity (Wildman–Crippen MR) is 79.0 cm³/mol. The zero-order valence-corrected chi connectivity index (χ0v) is 12.5. The van der Waals surface area contributed by atoms with Crippen molar-refractivity contribution < 1.29 is 9.00 Å². The quantitative estimate of drug-likeness (QED) is 0.788. The molecule has 2 N–H and O–H groups in total. The van der Waals surface area contributed by atoms with Crippen molar-refractivity contribution in [3.8, 4) is 0 Å². The third-order valence-electron chi connectivity index (χ3n) is 2.58. The average molecular weight is 283 g/mol. The summed E-state index contributed by atoms with van der Waals surface area (Å²) >= 11 is 0. The number of pyridine rings is 1. The van der Waals surface area contributed by atoms with Crippen LogP contribution in [0.2, 0.25) is 0 Å². The van der Waals surface area contributed by atoms with Crippen molar-refractivity contribution in [1.82, 2.24) is 10.3 Å². The van der Waals surface area contributed by atoms with Crippen LogP contribution in [0.25, 0.3) is 0 Å². The summed E-state index contributed by atoms with van der Waals surface area (Å²) in [6, 6.07) is 3.53. The average Bonchev–Trinajstić information content (AvgIpc) is 2.38. The molecule has 0 radical (unpaired) electrons. The Morgan fingerprint density at radius 3 is 2.74 bits per heavy atom. The fourth-order valence-corrected chi connectivity index (χ4v) is 2.03. The summed E-state index contributed by atoms with van der Waals surface area (Å²) in [5.41, 5.74) is 1.49. The van der Waals surface area contributed by atoms with E-state index in [1.54, 1.807) is 19.4 Å². The van der Waals surface area contributed by atoms with Gasteiger partial charge in [-0.1, -0.05) is 13.3 Å². The van der Waals surface area contributed by atoms with Crippen LogP contribution in [-0.4, -0.2) is 40.7 Å². The smallest absolute Gasteiger partial charge is 0.251 e. The van der Waals surface area contributed by atoms with Crippen molar-refractivity contribution in [2.24, 2.45) is 0 Å². The first-order valence-electron chi connectivity index (χ1n) is 6.33. The Morgan fingerprint density at radius 1 is 1.42 bits per heavy atom. The van der Waals surface area contributed by atoms with E-state index in [1.807, 2.05) is 6.07 Å². The summed E-state index contributed by atoms with van der Waals surface area (Å²) in [7, 11) is 0.887. The Bertz CT molecular complexity index is 463.